The van der Waals surface area contributed by atoms with Gasteiger partial charge in [-0.3, -0.25) is 0 Å². The molecular weight excluding hydrogens is 360 g/mol. The molecule has 0 amide bonds. The van der Waals surface area contributed by atoms with Gasteiger partial charge in [0.05, 0.1) is 0 Å². The fraction of sp³-hybridized carbons (Fsp3) is 1.00. The van der Waals surface area contributed by atoms with Crippen LogP contribution in [-0.2, 0) is 0 Å². The Hall–Kier alpha value is 0. The van der Waals surface area contributed by atoms with Crippen LogP contribution in [0.1, 0.15) is 132 Å². The van der Waals surface area contributed by atoms with Gasteiger partial charge in [0.2, 0.25) is 0 Å². The van der Waals surface area contributed by atoms with Crippen LogP contribution < -0.4 is 0 Å². The third-order valence-corrected chi connectivity index (χ3v) is 13.0. The first-order valence-electron chi connectivity index (χ1n) is 14.0. The van der Waals surface area contributed by atoms with Gasteiger partial charge >= 0.3 is 0 Å². The average molecular weight is 413 g/mol. The second-order valence-corrected chi connectivity index (χ2v) is 14.8. The van der Waals surface area contributed by atoms with E-state index < -0.39 is 0 Å². The van der Waals surface area contributed by atoms with Gasteiger partial charge in [-0.25, -0.2) is 0 Å². The Morgan fingerprint density at radius 3 is 2.13 bits per heavy atom. The van der Waals surface area contributed by atoms with E-state index in [0.717, 1.165) is 40.4 Å². The van der Waals surface area contributed by atoms with Crippen LogP contribution in [0.25, 0.3) is 0 Å². The molecule has 5 saturated carbocycles. The van der Waals surface area contributed by atoms with Gasteiger partial charge in [-0.05, 0) is 114 Å². The topological polar surface area (TPSA) is 0 Å². The highest BCUT2D eigenvalue weighted by molar-refractivity contribution is 5.30. The summed E-state index contributed by atoms with van der Waals surface area (Å²) in [7, 11) is 0. The number of fused-ring (bicyclic) bond motifs is 2. The highest BCUT2D eigenvalue weighted by atomic mass is 14.9. The predicted octanol–water partition coefficient (Wildman–Crippen LogP) is 9.28. The van der Waals surface area contributed by atoms with E-state index in [9.17, 15) is 0 Å². The van der Waals surface area contributed by atoms with E-state index in [4.69, 9.17) is 0 Å². The maximum absolute atomic E-state index is 2.81. The second kappa shape index (κ2) is 6.76. The Morgan fingerprint density at radius 1 is 0.700 bits per heavy atom. The first-order chi connectivity index (χ1) is 14.0. The summed E-state index contributed by atoms with van der Waals surface area (Å²) in [5.74, 6) is 4.87. The van der Waals surface area contributed by atoms with Crippen LogP contribution >= 0.6 is 0 Å². The maximum Gasteiger partial charge on any atom is -0.0198 e. The van der Waals surface area contributed by atoms with Crippen molar-refractivity contribution >= 4 is 0 Å². The molecule has 30 heavy (non-hydrogen) atoms. The van der Waals surface area contributed by atoms with Crippen LogP contribution in [-0.4, -0.2) is 0 Å². The molecule has 0 aromatic rings. The quantitative estimate of drug-likeness (QED) is 0.422. The fourth-order valence-corrected chi connectivity index (χ4v) is 11.4. The molecule has 0 nitrogen and oxygen atoms in total. The molecule has 5 fully saturated rings. The number of hydrogen-bond donors (Lipinski definition) is 0. The first-order valence-corrected chi connectivity index (χ1v) is 14.0. The van der Waals surface area contributed by atoms with Crippen molar-refractivity contribution in [2.24, 2.45) is 56.7 Å². The molecule has 0 saturated heterocycles. The Labute approximate surface area is 188 Å². The SMILES string of the molecule is CC(C)CCC[C@@H](C)[C@H]1CC[C@@]2(C)[C@@H]3CC[C@H]4C(C)(C)CCC[C@@]45C[C@]35CC[C@]12C. The molecule has 0 N–H and O–H groups in total. The summed E-state index contributed by atoms with van der Waals surface area (Å²) in [6.07, 6.45) is 19.9. The van der Waals surface area contributed by atoms with Crippen molar-refractivity contribution in [3.63, 3.8) is 0 Å². The lowest BCUT2D eigenvalue weighted by Gasteiger charge is -2.63. The third-order valence-electron chi connectivity index (χ3n) is 13.0. The molecule has 5 aliphatic rings. The summed E-state index contributed by atoms with van der Waals surface area (Å²) in [4.78, 5) is 0. The van der Waals surface area contributed by atoms with Crippen LogP contribution in [0.3, 0.4) is 0 Å². The van der Waals surface area contributed by atoms with Gasteiger partial charge in [0.15, 0.2) is 0 Å². The summed E-state index contributed by atoms with van der Waals surface area (Å²) >= 11 is 0. The largest absolute Gasteiger partial charge is 0.0628 e. The molecule has 0 aromatic carbocycles. The maximum atomic E-state index is 2.81. The van der Waals surface area contributed by atoms with Gasteiger partial charge in [0.1, 0.15) is 0 Å². The van der Waals surface area contributed by atoms with Gasteiger partial charge < -0.3 is 0 Å². The zero-order valence-corrected chi connectivity index (χ0v) is 21.6. The molecule has 0 bridgehead atoms. The molecular formula is C30H52. The standard InChI is InChI=1S/C30H52/c1-21(2)10-8-11-22(3)23-14-17-28(7)25-13-12-24-26(4,5)15-9-16-29(24)20-30(25,29)19-18-27(23,28)6/h21-25H,8-20H2,1-7H3/t22-,23-,24+,25+,27-,28+,29-,30-/m1/s1. The fourth-order valence-electron chi connectivity index (χ4n) is 11.4. The van der Waals surface area contributed by atoms with Crippen molar-refractivity contribution in [2.45, 2.75) is 132 Å². The number of rotatable bonds is 5. The summed E-state index contributed by atoms with van der Waals surface area (Å²) in [5.41, 5.74) is 3.37. The molecule has 8 atom stereocenters. The molecule has 5 aliphatic carbocycles. The predicted molar refractivity (Wildman–Crippen MR) is 129 cm³/mol. The number of hydrogen-bond acceptors (Lipinski definition) is 0. The molecule has 0 aliphatic heterocycles. The highest BCUT2D eigenvalue weighted by Crippen LogP contribution is 2.89. The highest BCUT2D eigenvalue weighted by Gasteiger charge is 2.81. The van der Waals surface area contributed by atoms with E-state index in [2.05, 4.69) is 48.5 Å². The minimum atomic E-state index is 0.609. The van der Waals surface area contributed by atoms with Crippen molar-refractivity contribution in [1.82, 2.24) is 0 Å². The lowest BCUT2D eigenvalue weighted by atomic mass is 9.42. The van der Waals surface area contributed by atoms with Crippen LogP contribution in [0.15, 0.2) is 0 Å². The van der Waals surface area contributed by atoms with Crippen molar-refractivity contribution in [3.8, 4) is 0 Å². The summed E-state index contributed by atoms with van der Waals surface area (Å²) in [6, 6.07) is 0. The van der Waals surface area contributed by atoms with E-state index in [1.807, 2.05) is 0 Å². The van der Waals surface area contributed by atoms with Gasteiger partial charge in [-0.1, -0.05) is 74.1 Å². The molecule has 172 valence electrons. The normalized spacial score (nSPS) is 52.2. The van der Waals surface area contributed by atoms with Gasteiger partial charge in [-0.15, -0.1) is 0 Å². The summed E-state index contributed by atoms with van der Waals surface area (Å²) in [5, 5.41) is 0. The molecule has 2 spiro atoms. The summed E-state index contributed by atoms with van der Waals surface area (Å²) < 4.78 is 0. The van der Waals surface area contributed by atoms with E-state index in [1.54, 1.807) is 44.9 Å². The van der Waals surface area contributed by atoms with E-state index in [1.165, 1.54) is 38.5 Å². The Kier molecular flexibility index (Phi) is 4.92. The monoisotopic (exact) mass is 412 g/mol. The average Bonchev–Trinajstić information content (AvgIpc) is 3.23. The molecule has 0 heteroatoms. The molecule has 0 unspecified atom stereocenters. The smallest absolute Gasteiger partial charge is 0.0198 e. The van der Waals surface area contributed by atoms with Crippen molar-refractivity contribution < 1.29 is 0 Å². The van der Waals surface area contributed by atoms with Crippen LogP contribution in [0.4, 0.5) is 0 Å². The zero-order chi connectivity index (χ0) is 21.6. The minimum Gasteiger partial charge on any atom is -0.0628 e. The van der Waals surface area contributed by atoms with Crippen molar-refractivity contribution in [2.75, 3.05) is 0 Å². The Morgan fingerprint density at radius 2 is 1.40 bits per heavy atom. The summed E-state index contributed by atoms with van der Waals surface area (Å²) in [6.45, 7) is 18.3. The third kappa shape index (κ3) is 2.64. The molecule has 5 rings (SSSR count). The Balaban J connectivity index is 1.39. The lowest BCUT2D eigenvalue weighted by molar-refractivity contribution is -0.142. The molecule has 0 aromatic heterocycles. The zero-order valence-electron chi connectivity index (χ0n) is 21.6. The van der Waals surface area contributed by atoms with Crippen LogP contribution in [0.5, 0.6) is 0 Å². The van der Waals surface area contributed by atoms with Gasteiger partial charge in [-0.2, -0.15) is 0 Å². The van der Waals surface area contributed by atoms with E-state index >= 15 is 0 Å². The van der Waals surface area contributed by atoms with Gasteiger partial charge in [0.25, 0.3) is 0 Å². The van der Waals surface area contributed by atoms with E-state index in [0.29, 0.717) is 16.2 Å². The van der Waals surface area contributed by atoms with Crippen LogP contribution in [0, 0.1) is 56.7 Å². The lowest BCUT2D eigenvalue weighted by Crippen LogP contribution is -2.56. The van der Waals surface area contributed by atoms with Crippen molar-refractivity contribution in [3.05, 3.63) is 0 Å². The molecule has 0 radical (unpaired) electrons. The first kappa shape index (κ1) is 21.8. The second-order valence-electron chi connectivity index (χ2n) is 14.8. The van der Waals surface area contributed by atoms with Crippen molar-refractivity contribution in [1.29, 1.82) is 0 Å². The Bertz CT molecular complexity index is 674. The molecule has 0 heterocycles. The minimum absolute atomic E-state index is 0.609. The van der Waals surface area contributed by atoms with E-state index in [-0.39, 0.29) is 0 Å². The van der Waals surface area contributed by atoms with Gasteiger partial charge in [0, 0.05) is 0 Å². The van der Waals surface area contributed by atoms with Crippen LogP contribution in [0.2, 0.25) is 0 Å².